The molecule has 156 valence electrons. The summed E-state index contributed by atoms with van der Waals surface area (Å²) < 4.78 is 38.0. The summed E-state index contributed by atoms with van der Waals surface area (Å²) in [6, 6.07) is 7.53. The molecule has 0 atom stereocenters. The fourth-order valence-electron chi connectivity index (χ4n) is 4.05. The van der Waals surface area contributed by atoms with Gasteiger partial charge in [-0.05, 0) is 54.7 Å². The van der Waals surface area contributed by atoms with Gasteiger partial charge < -0.3 is 14.4 Å². The first-order valence-electron chi connectivity index (χ1n) is 9.98. The Morgan fingerprint density at radius 2 is 1.62 bits per heavy atom. The van der Waals surface area contributed by atoms with Crippen LogP contribution >= 0.6 is 0 Å². The minimum atomic E-state index is -3.45. The van der Waals surface area contributed by atoms with Crippen LogP contribution in [0.25, 0.3) is 0 Å². The maximum Gasteiger partial charge on any atom is 0.244 e. The number of ether oxygens (including phenoxy) is 2. The third-order valence-electron chi connectivity index (χ3n) is 5.72. The molecule has 0 N–H and O–H groups in total. The van der Waals surface area contributed by atoms with Crippen molar-refractivity contribution in [1.82, 2.24) is 9.29 Å². The minimum Gasteiger partial charge on any atom is -0.493 e. The lowest BCUT2D eigenvalue weighted by Crippen LogP contribution is -2.35. The van der Waals surface area contributed by atoms with Crippen molar-refractivity contribution in [3.05, 3.63) is 41.6 Å². The average molecular weight is 418 g/mol. The normalized spacial score (nSPS) is 17.7. The van der Waals surface area contributed by atoms with Crippen LogP contribution in [0.2, 0.25) is 0 Å². The largest absolute Gasteiger partial charge is 0.493 e. The molecule has 1 aromatic heterocycles. The van der Waals surface area contributed by atoms with Gasteiger partial charge >= 0.3 is 0 Å². The molecule has 1 aromatic carbocycles. The van der Waals surface area contributed by atoms with Crippen molar-refractivity contribution in [2.75, 3.05) is 38.8 Å². The van der Waals surface area contributed by atoms with E-state index in [0.29, 0.717) is 25.4 Å². The first-order chi connectivity index (χ1) is 14.0. The summed E-state index contributed by atoms with van der Waals surface area (Å²) in [5, 5.41) is 0. The number of anilines is 1. The standard InChI is InChI=1S/C21H27N3O4S/c1-27-19-12-16-8-11-23(15-17(16)13-20(19)28-2)21-7-6-18(14-22-21)29(25,26)24-9-4-3-5-10-24/h6-7,12-14H,3-5,8-11,15H2,1-2H3. The minimum absolute atomic E-state index is 0.270. The van der Waals surface area contributed by atoms with Gasteiger partial charge in [-0.25, -0.2) is 13.4 Å². The monoisotopic (exact) mass is 417 g/mol. The number of aromatic nitrogens is 1. The van der Waals surface area contributed by atoms with Gasteiger partial charge in [-0.1, -0.05) is 6.42 Å². The Morgan fingerprint density at radius 3 is 2.24 bits per heavy atom. The fraction of sp³-hybridized carbons (Fsp3) is 0.476. The number of fused-ring (bicyclic) bond motifs is 1. The Bertz CT molecular complexity index is 970. The van der Waals surface area contributed by atoms with E-state index in [1.54, 1.807) is 24.6 Å². The van der Waals surface area contributed by atoms with Gasteiger partial charge in [-0.3, -0.25) is 0 Å². The molecule has 0 amide bonds. The van der Waals surface area contributed by atoms with Gasteiger partial charge in [0.1, 0.15) is 10.7 Å². The van der Waals surface area contributed by atoms with E-state index in [4.69, 9.17) is 9.47 Å². The number of rotatable bonds is 5. The van der Waals surface area contributed by atoms with Gasteiger partial charge in [0.15, 0.2) is 11.5 Å². The lowest BCUT2D eigenvalue weighted by molar-refractivity contribution is 0.346. The molecule has 29 heavy (non-hydrogen) atoms. The Kier molecular flexibility index (Phi) is 5.65. The summed E-state index contributed by atoms with van der Waals surface area (Å²) in [5.74, 6) is 2.23. The molecule has 3 heterocycles. The van der Waals surface area contributed by atoms with Crippen LogP contribution < -0.4 is 14.4 Å². The molecule has 0 aliphatic carbocycles. The average Bonchev–Trinajstić information content (AvgIpc) is 2.78. The second kappa shape index (κ2) is 8.20. The zero-order valence-electron chi connectivity index (χ0n) is 16.9. The molecule has 2 aliphatic heterocycles. The Hall–Kier alpha value is -2.32. The van der Waals surface area contributed by atoms with E-state index in [2.05, 4.69) is 9.88 Å². The van der Waals surface area contributed by atoms with Crippen LogP contribution in [0, 0.1) is 0 Å². The molecule has 8 heteroatoms. The summed E-state index contributed by atoms with van der Waals surface area (Å²) in [5.41, 5.74) is 2.41. The highest BCUT2D eigenvalue weighted by Crippen LogP contribution is 2.34. The van der Waals surface area contributed by atoms with Gasteiger partial charge in [0.25, 0.3) is 0 Å². The molecule has 0 bridgehead atoms. The highest BCUT2D eigenvalue weighted by molar-refractivity contribution is 7.89. The Labute approximate surface area is 172 Å². The quantitative estimate of drug-likeness (QED) is 0.745. The van der Waals surface area contributed by atoms with Crippen LogP contribution in [0.4, 0.5) is 5.82 Å². The summed E-state index contributed by atoms with van der Waals surface area (Å²) in [6.07, 6.45) is 5.29. The topological polar surface area (TPSA) is 72.0 Å². The molecule has 1 fully saturated rings. The smallest absolute Gasteiger partial charge is 0.244 e. The highest BCUT2D eigenvalue weighted by atomic mass is 32.2. The van der Waals surface area contributed by atoms with Gasteiger partial charge in [0, 0.05) is 32.4 Å². The van der Waals surface area contributed by atoms with Gasteiger partial charge in [0.2, 0.25) is 10.0 Å². The molecule has 2 aliphatic rings. The number of sulfonamides is 1. The molecule has 0 spiro atoms. The molecule has 7 nitrogen and oxygen atoms in total. The zero-order chi connectivity index (χ0) is 20.4. The second-order valence-corrected chi connectivity index (χ2v) is 9.40. The maximum atomic E-state index is 12.8. The molecular formula is C21H27N3O4S. The van der Waals surface area contributed by atoms with E-state index in [1.807, 2.05) is 18.2 Å². The highest BCUT2D eigenvalue weighted by Gasteiger charge is 2.27. The summed E-state index contributed by atoms with van der Waals surface area (Å²) in [7, 11) is -0.178. The van der Waals surface area contributed by atoms with Crippen molar-refractivity contribution in [2.24, 2.45) is 0 Å². The maximum absolute atomic E-state index is 12.8. The molecule has 0 saturated carbocycles. The zero-order valence-corrected chi connectivity index (χ0v) is 17.7. The van der Waals surface area contributed by atoms with Crippen LogP contribution in [-0.2, 0) is 23.0 Å². The summed E-state index contributed by atoms with van der Waals surface area (Å²) in [6.45, 7) is 2.70. The van der Waals surface area contributed by atoms with Crippen molar-refractivity contribution >= 4 is 15.8 Å². The molecule has 0 radical (unpaired) electrons. The lowest BCUT2D eigenvalue weighted by Gasteiger charge is -2.31. The predicted molar refractivity (Wildman–Crippen MR) is 111 cm³/mol. The number of hydrogen-bond acceptors (Lipinski definition) is 6. The number of methoxy groups -OCH3 is 2. The second-order valence-electron chi connectivity index (χ2n) is 7.46. The molecule has 2 aromatic rings. The van der Waals surface area contributed by atoms with Crippen molar-refractivity contribution in [2.45, 2.75) is 37.1 Å². The van der Waals surface area contributed by atoms with E-state index < -0.39 is 10.0 Å². The van der Waals surface area contributed by atoms with E-state index in [9.17, 15) is 8.42 Å². The molecular weight excluding hydrogens is 390 g/mol. The number of hydrogen-bond donors (Lipinski definition) is 0. The van der Waals surface area contributed by atoms with Crippen molar-refractivity contribution in [3.63, 3.8) is 0 Å². The third-order valence-corrected chi connectivity index (χ3v) is 7.60. The number of pyridine rings is 1. The number of benzene rings is 1. The summed E-state index contributed by atoms with van der Waals surface area (Å²) >= 11 is 0. The van der Waals surface area contributed by atoms with E-state index in [1.165, 1.54) is 17.3 Å². The third kappa shape index (κ3) is 3.91. The number of nitrogens with zero attached hydrogens (tertiary/aromatic N) is 3. The first kappa shape index (κ1) is 20.0. The van der Waals surface area contributed by atoms with Gasteiger partial charge in [-0.15, -0.1) is 0 Å². The Balaban J connectivity index is 1.53. The molecule has 0 unspecified atom stereocenters. The van der Waals surface area contributed by atoms with Crippen LogP contribution in [0.1, 0.15) is 30.4 Å². The lowest BCUT2D eigenvalue weighted by atomic mass is 9.99. The summed E-state index contributed by atoms with van der Waals surface area (Å²) in [4.78, 5) is 6.91. The molecule has 1 saturated heterocycles. The molecule has 4 rings (SSSR count). The predicted octanol–water partition coefficient (Wildman–Crippen LogP) is 2.84. The van der Waals surface area contributed by atoms with E-state index in [-0.39, 0.29) is 4.90 Å². The number of piperidine rings is 1. The van der Waals surface area contributed by atoms with Gasteiger partial charge in [-0.2, -0.15) is 4.31 Å². The van der Waals surface area contributed by atoms with Crippen LogP contribution in [0.15, 0.2) is 35.4 Å². The van der Waals surface area contributed by atoms with Crippen molar-refractivity contribution in [1.29, 1.82) is 0 Å². The van der Waals surface area contributed by atoms with E-state index in [0.717, 1.165) is 43.8 Å². The Morgan fingerprint density at radius 1 is 0.931 bits per heavy atom. The first-order valence-corrected chi connectivity index (χ1v) is 11.4. The fourth-order valence-corrected chi connectivity index (χ4v) is 5.51. The van der Waals surface area contributed by atoms with Crippen molar-refractivity contribution in [3.8, 4) is 11.5 Å². The van der Waals surface area contributed by atoms with Crippen LogP contribution in [-0.4, -0.2) is 51.6 Å². The SMILES string of the molecule is COc1cc2c(cc1OC)CN(c1ccc(S(=O)(=O)N3CCCCC3)cn1)CC2. The van der Waals surface area contributed by atoms with Crippen LogP contribution in [0.3, 0.4) is 0 Å². The van der Waals surface area contributed by atoms with Gasteiger partial charge in [0.05, 0.1) is 14.2 Å². The van der Waals surface area contributed by atoms with E-state index >= 15 is 0 Å². The van der Waals surface area contributed by atoms with Crippen molar-refractivity contribution < 1.29 is 17.9 Å². The van der Waals surface area contributed by atoms with Crippen LogP contribution in [0.5, 0.6) is 11.5 Å².